The number of carbonyl (C=O) groups excluding carboxylic acids is 2. The van der Waals surface area contributed by atoms with E-state index in [9.17, 15) is 19.5 Å². The molecule has 252 valence electrons. The van der Waals surface area contributed by atoms with Crippen molar-refractivity contribution in [2.45, 2.75) is 46.0 Å². The van der Waals surface area contributed by atoms with Crippen LogP contribution in [0.15, 0.2) is 89.9 Å². The number of hydrogen-bond acceptors (Lipinski definition) is 7. The zero-order valence-electron chi connectivity index (χ0n) is 27.4. The molecule has 0 saturated heterocycles. The number of aliphatic hydroxyl groups is 1. The quantitative estimate of drug-likeness (QED) is 0.170. The average molecular weight is 667 g/mol. The molecule has 6 rings (SSSR count). The molecule has 0 spiro atoms. The normalized spacial score (nSPS) is 12.7. The predicted octanol–water partition coefficient (Wildman–Crippen LogP) is 5.85. The topological polar surface area (TPSA) is 140 Å². The summed E-state index contributed by atoms with van der Waals surface area (Å²) in [5.41, 5.74) is 0.501. The first kappa shape index (κ1) is 33.0. The van der Waals surface area contributed by atoms with Gasteiger partial charge in [-0.2, -0.15) is 0 Å². The van der Waals surface area contributed by atoms with E-state index in [0.29, 0.717) is 40.8 Å². The van der Waals surface area contributed by atoms with Crippen LogP contribution in [0.2, 0.25) is 0 Å². The number of aromatic nitrogens is 3. The van der Waals surface area contributed by atoms with Crippen LogP contribution in [-0.4, -0.2) is 49.0 Å². The molecule has 13 heteroatoms. The van der Waals surface area contributed by atoms with Gasteiger partial charge in [-0.05, 0) is 68.8 Å². The molecule has 3 amide bonds. The fraction of sp³-hybridized carbons (Fsp3) is 0.222. The summed E-state index contributed by atoms with van der Waals surface area (Å²) in [5, 5.41) is 15.9. The number of ether oxygens (including phenoxy) is 2. The largest absolute Gasteiger partial charge is 0.497 e. The van der Waals surface area contributed by atoms with Crippen molar-refractivity contribution in [1.29, 1.82) is 0 Å². The highest BCUT2D eigenvalue weighted by Crippen LogP contribution is 2.35. The number of amides is 3. The van der Waals surface area contributed by atoms with Crippen LogP contribution in [0.3, 0.4) is 0 Å². The number of benzene rings is 3. The number of fused-ring (bicyclic) bond motifs is 1. The fourth-order valence-corrected chi connectivity index (χ4v) is 5.62. The molecule has 5 aromatic rings. The molecule has 3 heterocycles. The Morgan fingerprint density at radius 1 is 1.04 bits per heavy atom. The van der Waals surface area contributed by atoms with Crippen LogP contribution in [0.4, 0.5) is 20.7 Å². The molecule has 12 nitrogen and oxygen atoms in total. The standard InChI is InChI=1S/C36H35FN6O6/c1-22-31(34(45)43(25-8-6-5-7-9-25)42(22)21-36(2,3)47)33(44)39-24-12-15-30(28(37)18-24)49-29-16-17-38-32-27(29)20-41(35(46)40-32)19-23-10-13-26(48-4)14-11-23/h5-18,47H,19-21H2,1-4H3,(H,39,44)(H,38,40,46). The molecule has 0 radical (unpaired) electrons. The van der Waals surface area contributed by atoms with Gasteiger partial charge in [0.15, 0.2) is 11.6 Å². The highest BCUT2D eigenvalue weighted by molar-refractivity contribution is 6.05. The van der Waals surface area contributed by atoms with E-state index in [1.807, 2.05) is 24.3 Å². The number of methoxy groups -OCH3 is 1. The Bertz CT molecular complexity index is 2090. The van der Waals surface area contributed by atoms with Gasteiger partial charge in [0, 0.05) is 24.5 Å². The van der Waals surface area contributed by atoms with Crippen molar-refractivity contribution in [1.82, 2.24) is 19.2 Å². The van der Waals surface area contributed by atoms with E-state index in [0.717, 1.165) is 11.6 Å². The molecule has 0 atom stereocenters. The maximum atomic E-state index is 15.5. The number of pyridine rings is 1. The van der Waals surface area contributed by atoms with E-state index < -0.39 is 22.9 Å². The number of urea groups is 1. The Morgan fingerprint density at radius 3 is 2.45 bits per heavy atom. The maximum Gasteiger partial charge on any atom is 0.323 e. The number of halogens is 1. The van der Waals surface area contributed by atoms with E-state index in [-0.39, 0.29) is 36.1 Å². The van der Waals surface area contributed by atoms with Crippen molar-refractivity contribution in [3.63, 3.8) is 0 Å². The summed E-state index contributed by atoms with van der Waals surface area (Å²) in [7, 11) is 1.58. The Balaban J connectivity index is 1.22. The monoisotopic (exact) mass is 666 g/mol. The van der Waals surface area contributed by atoms with E-state index >= 15 is 4.39 Å². The van der Waals surface area contributed by atoms with Gasteiger partial charge in [0.1, 0.15) is 22.9 Å². The summed E-state index contributed by atoms with van der Waals surface area (Å²) in [6.07, 6.45) is 1.45. The number of anilines is 2. The molecule has 2 aromatic heterocycles. The first-order chi connectivity index (χ1) is 23.4. The van der Waals surface area contributed by atoms with Crippen LogP contribution in [0, 0.1) is 12.7 Å². The van der Waals surface area contributed by atoms with Gasteiger partial charge in [-0.1, -0.05) is 30.3 Å². The van der Waals surface area contributed by atoms with Gasteiger partial charge in [0.25, 0.3) is 11.5 Å². The van der Waals surface area contributed by atoms with Crippen molar-refractivity contribution >= 4 is 23.4 Å². The van der Waals surface area contributed by atoms with Gasteiger partial charge in [0.05, 0.1) is 42.7 Å². The van der Waals surface area contributed by atoms with Crippen LogP contribution in [-0.2, 0) is 19.6 Å². The second-order valence-electron chi connectivity index (χ2n) is 12.3. The lowest BCUT2D eigenvalue weighted by atomic mass is 10.1. The molecule has 0 bridgehead atoms. The molecular weight excluding hydrogens is 631 g/mol. The fourth-order valence-electron chi connectivity index (χ4n) is 5.62. The lowest BCUT2D eigenvalue weighted by molar-refractivity contribution is 0.0546. The number of rotatable bonds is 10. The van der Waals surface area contributed by atoms with Crippen LogP contribution in [0.25, 0.3) is 5.69 Å². The van der Waals surface area contributed by atoms with E-state index in [2.05, 4.69) is 15.6 Å². The summed E-state index contributed by atoms with van der Waals surface area (Å²) in [5.74, 6) is -0.310. The summed E-state index contributed by atoms with van der Waals surface area (Å²) >= 11 is 0. The Kier molecular flexibility index (Phi) is 8.93. The van der Waals surface area contributed by atoms with Crippen LogP contribution >= 0.6 is 0 Å². The van der Waals surface area contributed by atoms with Crippen LogP contribution in [0.1, 0.15) is 41.0 Å². The lowest BCUT2D eigenvalue weighted by Crippen LogP contribution is -2.38. The third-order valence-electron chi connectivity index (χ3n) is 7.98. The Labute approximate surface area is 281 Å². The van der Waals surface area contributed by atoms with Gasteiger partial charge in [-0.25, -0.2) is 18.9 Å². The zero-order chi connectivity index (χ0) is 34.9. The van der Waals surface area contributed by atoms with Gasteiger partial charge in [-0.15, -0.1) is 0 Å². The minimum absolute atomic E-state index is 0.0402. The maximum absolute atomic E-state index is 15.5. The van der Waals surface area contributed by atoms with Gasteiger partial charge in [0.2, 0.25) is 0 Å². The minimum Gasteiger partial charge on any atom is -0.497 e. The minimum atomic E-state index is -1.19. The summed E-state index contributed by atoms with van der Waals surface area (Å²) in [6, 6.07) is 21.3. The molecule has 0 saturated carbocycles. The van der Waals surface area contributed by atoms with E-state index in [1.165, 1.54) is 23.0 Å². The molecule has 0 unspecified atom stereocenters. The van der Waals surface area contributed by atoms with Gasteiger partial charge in [-0.3, -0.25) is 19.6 Å². The highest BCUT2D eigenvalue weighted by atomic mass is 19.1. The Morgan fingerprint density at radius 2 is 1.78 bits per heavy atom. The van der Waals surface area contributed by atoms with E-state index in [4.69, 9.17) is 9.47 Å². The van der Waals surface area contributed by atoms with Gasteiger partial charge < -0.3 is 24.8 Å². The van der Waals surface area contributed by atoms with Crippen LogP contribution in [0.5, 0.6) is 17.2 Å². The molecule has 3 N–H and O–H groups in total. The molecular formula is C36H35FN6O6. The molecule has 0 fully saturated rings. The third kappa shape index (κ3) is 7.02. The summed E-state index contributed by atoms with van der Waals surface area (Å²) in [6.45, 7) is 5.35. The number of nitrogens with one attached hydrogen (secondary N) is 2. The molecule has 0 aliphatic carbocycles. The summed E-state index contributed by atoms with van der Waals surface area (Å²) < 4.78 is 29.5. The summed E-state index contributed by atoms with van der Waals surface area (Å²) in [4.78, 5) is 45.7. The molecule has 3 aromatic carbocycles. The van der Waals surface area contributed by atoms with Crippen molar-refractivity contribution in [3.8, 4) is 22.9 Å². The zero-order valence-corrected chi connectivity index (χ0v) is 27.4. The SMILES string of the molecule is COc1ccc(CN2Cc3c(Oc4ccc(NC(=O)c5c(C)n(CC(C)(C)O)n(-c6ccccc6)c5=O)cc4F)ccnc3NC2=O)cc1. The highest BCUT2D eigenvalue weighted by Gasteiger charge is 2.29. The number of nitrogens with zero attached hydrogens (tertiary/aromatic N) is 4. The number of carbonyl (C=O) groups is 2. The molecule has 1 aliphatic rings. The molecule has 49 heavy (non-hydrogen) atoms. The van der Waals surface area contributed by atoms with E-state index in [1.54, 1.807) is 73.9 Å². The Hall–Kier alpha value is -5.95. The van der Waals surface area contributed by atoms with Crippen molar-refractivity contribution in [2.75, 3.05) is 17.7 Å². The van der Waals surface area contributed by atoms with Crippen molar-refractivity contribution < 1.29 is 28.6 Å². The van der Waals surface area contributed by atoms with Crippen molar-refractivity contribution in [3.05, 3.63) is 124 Å². The number of para-hydroxylation sites is 1. The second kappa shape index (κ2) is 13.3. The number of hydrogen-bond donors (Lipinski definition) is 3. The van der Waals surface area contributed by atoms with Crippen LogP contribution < -0.4 is 25.7 Å². The van der Waals surface area contributed by atoms with Crippen molar-refractivity contribution in [2.24, 2.45) is 0 Å². The smallest absolute Gasteiger partial charge is 0.323 e. The lowest BCUT2D eigenvalue weighted by Gasteiger charge is -2.29. The third-order valence-corrected chi connectivity index (χ3v) is 7.98. The molecule has 1 aliphatic heterocycles. The average Bonchev–Trinajstić information content (AvgIpc) is 3.30. The first-order valence-corrected chi connectivity index (χ1v) is 15.5. The predicted molar refractivity (Wildman–Crippen MR) is 181 cm³/mol. The first-order valence-electron chi connectivity index (χ1n) is 15.5. The van der Waals surface area contributed by atoms with Gasteiger partial charge >= 0.3 is 6.03 Å². The second-order valence-corrected chi connectivity index (χ2v) is 12.3.